The number of aryl methyl sites for hydroxylation is 2. The van der Waals surface area contributed by atoms with Crippen LogP contribution in [0.15, 0.2) is 42.7 Å². The molecule has 3 aromatic heterocycles. The molecule has 0 spiro atoms. The fraction of sp³-hybridized carbons (Fsp3) is 0.217. The second-order valence-electron chi connectivity index (χ2n) is 7.35. The number of amides is 1. The quantitative estimate of drug-likeness (QED) is 0.407. The summed E-state index contributed by atoms with van der Waals surface area (Å²) in [4.78, 5) is 21.8. The fourth-order valence-electron chi connectivity index (χ4n) is 3.94. The van der Waals surface area contributed by atoms with Crippen LogP contribution < -0.4 is 5.32 Å². The number of hydrogen-bond donors (Lipinski definition) is 1. The van der Waals surface area contributed by atoms with E-state index in [1.807, 2.05) is 26.0 Å². The van der Waals surface area contributed by atoms with Crippen molar-refractivity contribution in [1.82, 2.24) is 19.7 Å². The number of nitrogens with zero attached hydrogens (tertiary/aromatic N) is 4. The van der Waals surface area contributed by atoms with Crippen molar-refractivity contribution in [3.63, 3.8) is 0 Å². The van der Waals surface area contributed by atoms with Gasteiger partial charge in [0.2, 0.25) is 0 Å². The van der Waals surface area contributed by atoms with Gasteiger partial charge in [-0.1, -0.05) is 18.7 Å². The molecule has 1 aromatic carbocycles. The van der Waals surface area contributed by atoms with Gasteiger partial charge in [0.1, 0.15) is 5.69 Å². The average Bonchev–Trinajstić information content (AvgIpc) is 3.34. The minimum Gasteiger partial charge on any atom is -0.317 e. The van der Waals surface area contributed by atoms with Gasteiger partial charge in [-0.2, -0.15) is 5.10 Å². The number of anilines is 1. The Labute approximate surface area is 192 Å². The van der Waals surface area contributed by atoms with Gasteiger partial charge in [-0.25, -0.2) is 14.1 Å². The van der Waals surface area contributed by atoms with E-state index in [2.05, 4.69) is 15.3 Å². The Morgan fingerprint density at radius 3 is 2.94 bits per heavy atom. The highest BCUT2D eigenvalue weighted by atomic mass is 32.2. The van der Waals surface area contributed by atoms with Crippen molar-refractivity contribution in [2.75, 3.05) is 11.1 Å². The largest absolute Gasteiger partial charge is 0.317 e. The normalized spacial score (nSPS) is 12.3. The number of pyridine rings is 1. The van der Waals surface area contributed by atoms with Crippen LogP contribution in [-0.2, 0) is 12.8 Å². The van der Waals surface area contributed by atoms with Crippen molar-refractivity contribution in [3.8, 4) is 27.5 Å². The van der Waals surface area contributed by atoms with E-state index < -0.39 is 5.82 Å². The zero-order chi connectivity index (χ0) is 22.2. The lowest BCUT2D eigenvalue weighted by Gasteiger charge is -2.15. The molecule has 1 amide bonds. The first-order valence-corrected chi connectivity index (χ1v) is 12.1. The van der Waals surface area contributed by atoms with Gasteiger partial charge < -0.3 is 5.32 Å². The Bertz CT molecular complexity index is 1320. The van der Waals surface area contributed by atoms with Crippen LogP contribution in [0.5, 0.6) is 0 Å². The SMILES string of the molecule is CCSC(=O)Nc1ccc(-n2nc(-c3cccnc3)c3c2-c2sc(C)nc2CC3)c(F)c1. The molecule has 5 rings (SSSR count). The first-order valence-electron chi connectivity index (χ1n) is 10.3. The van der Waals surface area contributed by atoms with Gasteiger partial charge >= 0.3 is 0 Å². The summed E-state index contributed by atoms with van der Waals surface area (Å²) in [5, 5.41) is 8.33. The van der Waals surface area contributed by atoms with Gasteiger partial charge in [0.25, 0.3) is 5.24 Å². The molecule has 1 N–H and O–H groups in total. The summed E-state index contributed by atoms with van der Waals surface area (Å²) in [5.41, 5.74) is 5.43. The molecule has 32 heavy (non-hydrogen) atoms. The first kappa shape index (κ1) is 20.8. The molecule has 1 aliphatic carbocycles. The molecular weight excluding hydrogens is 445 g/mol. The Morgan fingerprint density at radius 2 is 2.19 bits per heavy atom. The summed E-state index contributed by atoms with van der Waals surface area (Å²) in [7, 11) is 0. The predicted octanol–water partition coefficient (Wildman–Crippen LogP) is 5.89. The van der Waals surface area contributed by atoms with E-state index >= 15 is 4.39 Å². The average molecular weight is 466 g/mol. The minimum atomic E-state index is -0.458. The van der Waals surface area contributed by atoms with Gasteiger partial charge in [0, 0.05) is 29.2 Å². The number of rotatable bonds is 4. The smallest absolute Gasteiger partial charge is 0.283 e. The maximum atomic E-state index is 15.3. The highest BCUT2D eigenvalue weighted by Crippen LogP contribution is 2.43. The van der Waals surface area contributed by atoms with Crippen LogP contribution in [0.3, 0.4) is 0 Å². The molecule has 9 heteroatoms. The van der Waals surface area contributed by atoms with E-state index in [1.165, 1.54) is 6.07 Å². The molecular formula is C23H20FN5OS2. The van der Waals surface area contributed by atoms with Crippen molar-refractivity contribution in [2.24, 2.45) is 0 Å². The Morgan fingerprint density at radius 1 is 1.31 bits per heavy atom. The highest BCUT2D eigenvalue weighted by Gasteiger charge is 2.30. The number of thioether (sulfide) groups is 1. The van der Waals surface area contributed by atoms with Crippen LogP contribution in [0, 0.1) is 12.7 Å². The maximum Gasteiger partial charge on any atom is 0.283 e. The Hall–Kier alpha value is -3.04. The fourth-order valence-corrected chi connectivity index (χ4v) is 5.41. The summed E-state index contributed by atoms with van der Waals surface area (Å²) in [6, 6.07) is 8.53. The van der Waals surface area contributed by atoms with E-state index in [-0.39, 0.29) is 5.24 Å². The van der Waals surface area contributed by atoms with Gasteiger partial charge in [0.05, 0.1) is 27.0 Å². The van der Waals surface area contributed by atoms with Crippen LogP contribution in [0.25, 0.3) is 27.5 Å². The zero-order valence-electron chi connectivity index (χ0n) is 17.6. The van der Waals surface area contributed by atoms with Crippen LogP contribution in [-0.4, -0.2) is 30.7 Å². The number of halogens is 1. The van der Waals surface area contributed by atoms with E-state index in [0.717, 1.165) is 62.7 Å². The third-order valence-electron chi connectivity index (χ3n) is 5.25. The lowest BCUT2D eigenvalue weighted by molar-refractivity contribution is 0.270. The molecule has 0 fully saturated rings. The molecule has 4 aromatic rings. The lowest BCUT2D eigenvalue weighted by atomic mass is 9.95. The topological polar surface area (TPSA) is 72.7 Å². The number of aromatic nitrogens is 4. The van der Waals surface area contributed by atoms with Crippen molar-refractivity contribution in [2.45, 2.75) is 26.7 Å². The second-order valence-corrected chi connectivity index (χ2v) is 9.79. The number of carbonyl (C=O) groups excluding carboxylic acids is 1. The monoisotopic (exact) mass is 465 g/mol. The van der Waals surface area contributed by atoms with E-state index in [1.54, 1.807) is 40.5 Å². The molecule has 0 atom stereocenters. The van der Waals surface area contributed by atoms with Crippen LogP contribution in [0.4, 0.5) is 14.9 Å². The van der Waals surface area contributed by atoms with Gasteiger partial charge in [-0.3, -0.25) is 9.78 Å². The second kappa shape index (κ2) is 8.48. The zero-order valence-corrected chi connectivity index (χ0v) is 19.2. The summed E-state index contributed by atoms with van der Waals surface area (Å²) in [6.07, 6.45) is 5.11. The molecule has 0 saturated carbocycles. The summed E-state index contributed by atoms with van der Waals surface area (Å²) < 4.78 is 17.0. The van der Waals surface area contributed by atoms with Crippen LogP contribution in [0.2, 0.25) is 0 Å². The summed E-state index contributed by atoms with van der Waals surface area (Å²) in [5.74, 6) is 0.195. The van der Waals surface area contributed by atoms with Crippen molar-refractivity contribution >= 4 is 34.0 Å². The van der Waals surface area contributed by atoms with E-state index in [4.69, 9.17) is 5.10 Å². The number of benzene rings is 1. The highest BCUT2D eigenvalue weighted by molar-refractivity contribution is 8.13. The molecule has 162 valence electrons. The number of fused-ring (bicyclic) bond motifs is 3. The van der Waals surface area contributed by atoms with Gasteiger partial charge in [0.15, 0.2) is 5.82 Å². The number of thiazole rings is 1. The molecule has 0 radical (unpaired) electrons. The molecule has 6 nitrogen and oxygen atoms in total. The minimum absolute atomic E-state index is 0.209. The van der Waals surface area contributed by atoms with E-state index in [9.17, 15) is 4.79 Å². The van der Waals surface area contributed by atoms with Crippen LogP contribution >= 0.6 is 23.1 Å². The lowest BCUT2D eigenvalue weighted by Crippen LogP contribution is -2.09. The molecule has 1 aliphatic rings. The predicted molar refractivity (Wildman–Crippen MR) is 127 cm³/mol. The molecule has 3 heterocycles. The van der Waals surface area contributed by atoms with Crippen molar-refractivity contribution in [3.05, 3.63) is 64.8 Å². The Kier molecular flexibility index (Phi) is 5.52. The van der Waals surface area contributed by atoms with Crippen LogP contribution in [0.1, 0.15) is 23.2 Å². The molecule has 0 bridgehead atoms. The first-order chi connectivity index (χ1) is 15.5. The standard InChI is InChI=1S/C23H20FN5OS2/c1-3-31-23(30)27-15-6-9-19(17(24)11-15)29-21-16(7-8-18-22(21)32-13(2)26-18)20(28-29)14-5-4-10-25-12-14/h4-6,9-12H,3,7-8H2,1-2H3,(H,27,30). The van der Waals surface area contributed by atoms with Crippen molar-refractivity contribution in [1.29, 1.82) is 0 Å². The number of nitrogens with one attached hydrogen (secondary N) is 1. The summed E-state index contributed by atoms with van der Waals surface area (Å²) >= 11 is 2.75. The van der Waals surface area contributed by atoms with Gasteiger partial charge in [-0.15, -0.1) is 11.3 Å². The molecule has 0 saturated heterocycles. The Balaban J connectivity index is 1.65. The molecule has 0 unspecified atom stereocenters. The third-order valence-corrected chi connectivity index (χ3v) is 6.92. The number of carbonyl (C=O) groups is 1. The third kappa shape index (κ3) is 3.71. The number of hydrogen-bond acceptors (Lipinski definition) is 6. The summed E-state index contributed by atoms with van der Waals surface area (Å²) in [6.45, 7) is 3.88. The maximum absolute atomic E-state index is 15.3. The molecule has 0 aliphatic heterocycles. The van der Waals surface area contributed by atoms with E-state index in [0.29, 0.717) is 17.1 Å². The van der Waals surface area contributed by atoms with Gasteiger partial charge in [-0.05, 0) is 55.9 Å². The van der Waals surface area contributed by atoms with Crippen molar-refractivity contribution < 1.29 is 9.18 Å².